The minimum Gasteiger partial charge on any atom is -0.480 e. The highest BCUT2D eigenvalue weighted by atomic mass is 16.4. The van der Waals surface area contributed by atoms with E-state index < -0.39 is 12.0 Å². The fourth-order valence-electron chi connectivity index (χ4n) is 5.23. The molecule has 4 aromatic rings. The van der Waals surface area contributed by atoms with E-state index in [-0.39, 0.29) is 12.0 Å². The summed E-state index contributed by atoms with van der Waals surface area (Å²) < 4.78 is 0. The highest BCUT2D eigenvalue weighted by Gasteiger charge is 2.27. The van der Waals surface area contributed by atoms with Gasteiger partial charge in [-0.15, -0.1) is 0 Å². The number of nitrogens with zero attached hydrogens (tertiary/aromatic N) is 4. The van der Waals surface area contributed by atoms with Crippen molar-refractivity contribution >= 4 is 22.7 Å². The Balaban J connectivity index is 1.33. The van der Waals surface area contributed by atoms with Crippen LogP contribution in [0.2, 0.25) is 0 Å². The van der Waals surface area contributed by atoms with Crippen LogP contribution in [0.15, 0.2) is 84.9 Å². The smallest absolute Gasteiger partial charge is 0.326 e. The van der Waals surface area contributed by atoms with E-state index in [2.05, 4.69) is 75.8 Å². The molecule has 0 amide bonds. The van der Waals surface area contributed by atoms with Crippen LogP contribution in [0.4, 0.5) is 5.82 Å². The highest BCUT2D eigenvalue weighted by molar-refractivity contribution is 5.91. The van der Waals surface area contributed by atoms with Crippen molar-refractivity contribution in [3.63, 3.8) is 0 Å². The number of carboxylic acid groups (broad SMARTS) is 1. The first-order valence-electron chi connectivity index (χ1n) is 13.3. The molecule has 1 aliphatic rings. The summed E-state index contributed by atoms with van der Waals surface area (Å²) in [4.78, 5) is 26.4. The van der Waals surface area contributed by atoms with Gasteiger partial charge in [0, 0.05) is 31.6 Å². The van der Waals surface area contributed by atoms with Crippen LogP contribution in [0, 0.1) is 5.92 Å². The second-order valence-electron chi connectivity index (χ2n) is 10.2. The van der Waals surface area contributed by atoms with Gasteiger partial charge in [0.25, 0.3) is 0 Å². The summed E-state index contributed by atoms with van der Waals surface area (Å²) in [7, 11) is 0. The molecule has 38 heavy (non-hydrogen) atoms. The molecule has 0 spiro atoms. The predicted octanol–water partition coefficient (Wildman–Crippen LogP) is 5.06. The van der Waals surface area contributed by atoms with E-state index in [1.165, 1.54) is 11.1 Å². The third kappa shape index (κ3) is 5.85. The normalized spacial score (nSPS) is 15.7. The van der Waals surface area contributed by atoms with E-state index in [0.717, 1.165) is 37.1 Å². The quantitative estimate of drug-likeness (QED) is 0.326. The van der Waals surface area contributed by atoms with Crippen molar-refractivity contribution in [2.24, 2.45) is 5.92 Å². The Morgan fingerprint density at radius 2 is 1.42 bits per heavy atom. The molecule has 1 aromatic heterocycles. The molecule has 0 radical (unpaired) electrons. The maximum atomic E-state index is 11.9. The van der Waals surface area contributed by atoms with Crippen LogP contribution in [-0.4, -0.2) is 63.1 Å². The molecule has 1 saturated heterocycles. The Kier molecular flexibility index (Phi) is 7.96. The van der Waals surface area contributed by atoms with E-state index in [1.807, 2.05) is 38.1 Å². The van der Waals surface area contributed by atoms with Gasteiger partial charge in [-0.25, -0.2) is 14.8 Å². The van der Waals surface area contributed by atoms with Crippen molar-refractivity contribution in [3.05, 3.63) is 102 Å². The number of benzene rings is 3. The zero-order valence-corrected chi connectivity index (χ0v) is 22.0. The Morgan fingerprint density at radius 3 is 2.00 bits per heavy atom. The maximum absolute atomic E-state index is 11.9. The monoisotopic (exact) mass is 509 g/mol. The number of hydrogen-bond acceptors (Lipinski definition) is 6. The summed E-state index contributed by atoms with van der Waals surface area (Å²) >= 11 is 0. The van der Waals surface area contributed by atoms with E-state index >= 15 is 0 Å². The lowest BCUT2D eigenvalue weighted by atomic mass is 9.96. The number of rotatable bonds is 9. The third-order valence-corrected chi connectivity index (χ3v) is 7.24. The number of aliphatic carboxylic acids is 1. The first-order valence-corrected chi connectivity index (χ1v) is 13.3. The molecular weight excluding hydrogens is 474 g/mol. The van der Waals surface area contributed by atoms with Gasteiger partial charge in [-0.1, -0.05) is 86.6 Å². The van der Waals surface area contributed by atoms with Gasteiger partial charge in [0.2, 0.25) is 0 Å². The number of hydrogen-bond donors (Lipinski definition) is 2. The summed E-state index contributed by atoms with van der Waals surface area (Å²) in [6.07, 6.45) is 0. The molecule has 1 unspecified atom stereocenters. The van der Waals surface area contributed by atoms with Crippen LogP contribution >= 0.6 is 0 Å². The number of piperazine rings is 1. The predicted molar refractivity (Wildman–Crippen MR) is 151 cm³/mol. The van der Waals surface area contributed by atoms with Gasteiger partial charge in [0.1, 0.15) is 17.7 Å². The first kappa shape index (κ1) is 25.8. The van der Waals surface area contributed by atoms with Crippen LogP contribution in [0.5, 0.6) is 0 Å². The van der Waals surface area contributed by atoms with Crippen molar-refractivity contribution in [2.45, 2.75) is 32.5 Å². The molecule has 196 valence electrons. The molecule has 7 heteroatoms. The van der Waals surface area contributed by atoms with Crippen molar-refractivity contribution in [2.75, 3.05) is 31.5 Å². The van der Waals surface area contributed by atoms with Crippen molar-refractivity contribution in [1.29, 1.82) is 0 Å². The standard InChI is InChI=1S/C31H35N5O2/c1-22(2)28(31(37)38)34-30-25-15-9-10-16-26(25)32-27(33-30)21-35-17-19-36(20-18-35)29(23-11-5-3-6-12-23)24-13-7-4-8-14-24/h3-16,22,28-29H,17-21H2,1-2H3,(H,37,38)(H,32,33,34). The van der Waals surface area contributed by atoms with Gasteiger partial charge in [-0.05, 0) is 29.2 Å². The molecule has 2 heterocycles. The van der Waals surface area contributed by atoms with E-state index in [4.69, 9.17) is 9.97 Å². The number of carboxylic acids is 1. The molecule has 5 rings (SSSR count). The van der Waals surface area contributed by atoms with E-state index in [1.54, 1.807) is 0 Å². The van der Waals surface area contributed by atoms with Gasteiger partial charge < -0.3 is 10.4 Å². The SMILES string of the molecule is CC(C)C(Nc1nc(CN2CCN(C(c3ccccc3)c3ccccc3)CC2)nc2ccccc12)C(=O)O. The number of para-hydroxylation sites is 1. The second kappa shape index (κ2) is 11.7. The summed E-state index contributed by atoms with van der Waals surface area (Å²) in [5.41, 5.74) is 3.43. The molecule has 0 bridgehead atoms. The van der Waals surface area contributed by atoms with Crippen LogP contribution in [0.1, 0.15) is 36.8 Å². The molecule has 0 aliphatic carbocycles. The average Bonchev–Trinajstić information content (AvgIpc) is 2.93. The molecule has 3 aromatic carbocycles. The first-order chi connectivity index (χ1) is 18.5. The average molecular weight is 510 g/mol. The summed E-state index contributed by atoms with van der Waals surface area (Å²) in [5.74, 6) is 0.320. The van der Waals surface area contributed by atoms with Gasteiger partial charge in [-0.2, -0.15) is 0 Å². The Hall–Kier alpha value is -3.81. The number of fused-ring (bicyclic) bond motifs is 1. The third-order valence-electron chi connectivity index (χ3n) is 7.24. The minimum absolute atomic E-state index is 0.0834. The number of anilines is 1. The molecule has 1 atom stereocenters. The van der Waals surface area contributed by atoms with Crippen molar-refractivity contribution < 1.29 is 9.90 Å². The van der Waals surface area contributed by atoms with E-state index in [9.17, 15) is 9.90 Å². The number of carbonyl (C=O) groups is 1. The van der Waals surface area contributed by atoms with Crippen LogP contribution in [-0.2, 0) is 11.3 Å². The number of aromatic nitrogens is 2. The second-order valence-corrected chi connectivity index (χ2v) is 10.2. The molecule has 0 saturated carbocycles. The highest BCUT2D eigenvalue weighted by Crippen LogP contribution is 2.30. The zero-order chi connectivity index (χ0) is 26.5. The molecule has 2 N–H and O–H groups in total. The fraction of sp³-hybridized carbons (Fsp3) is 0.323. The van der Waals surface area contributed by atoms with Gasteiger partial charge in [0.05, 0.1) is 18.1 Å². The lowest BCUT2D eigenvalue weighted by molar-refractivity contribution is -0.138. The molecule has 1 aliphatic heterocycles. The lowest BCUT2D eigenvalue weighted by Gasteiger charge is -2.39. The van der Waals surface area contributed by atoms with Crippen LogP contribution in [0.25, 0.3) is 10.9 Å². The van der Waals surface area contributed by atoms with Crippen molar-refractivity contribution in [1.82, 2.24) is 19.8 Å². The fourth-order valence-corrected chi connectivity index (χ4v) is 5.23. The Bertz CT molecular complexity index is 1320. The largest absolute Gasteiger partial charge is 0.480 e. The summed E-state index contributed by atoms with van der Waals surface area (Å²) in [5, 5.41) is 13.7. The minimum atomic E-state index is -0.883. The zero-order valence-electron chi connectivity index (χ0n) is 22.0. The van der Waals surface area contributed by atoms with Crippen LogP contribution in [0.3, 0.4) is 0 Å². The maximum Gasteiger partial charge on any atom is 0.326 e. The lowest BCUT2D eigenvalue weighted by Crippen LogP contribution is -2.47. The van der Waals surface area contributed by atoms with Gasteiger partial charge in [0.15, 0.2) is 0 Å². The molecule has 7 nitrogen and oxygen atoms in total. The topological polar surface area (TPSA) is 81.6 Å². The Morgan fingerprint density at radius 1 is 0.842 bits per heavy atom. The molecule has 1 fully saturated rings. The van der Waals surface area contributed by atoms with Crippen LogP contribution < -0.4 is 5.32 Å². The van der Waals surface area contributed by atoms with Crippen molar-refractivity contribution in [3.8, 4) is 0 Å². The van der Waals surface area contributed by atoms with Gasteiger partial charge >= 0.3 is 5.97 Å². The van der Waals surface area contributed by atoms with E-state index in [0.29, 0.717) is 18.2 Å². The number of nitrogens with one attached hydrogen (secondary N) is 1. The molecular formula is C31H35N5O2. The Labute approximate surface area is 224 Å². The summed E-state index contributed by atoms with van der Waals surface area (Å²) in [6, 6.07) is 28.7. The summed E-state index contributed by atoms with van der Waals surface area (Å²) in [6.45, 7) is 8.08. The van der Waals surface area contributed by atoms with Gasteiger partial charge in [-0.3, -0.25) is 9.80 Å².